The summed E-state index contributed by atoms with van der Waals surface area (Å²) in [4.78, 5) is 4.11. The third kappa shape index (κ3) is 3.48. The summed E-state index contributed by atoms with van der Waals surface area (Å²) >= 11 is 5.54. The van der Waals surface area contributed by atoms with Crippen molar-refractivity contribution in [3.8, 4) is 23.3 Å². The molecule has 0 spiro atoms. The van der Waals surface area contributed by atoms with Gasteiger partial charge in [0.2, 0.25) is 0 Å². The van der Waals surface area contributed by atoms with Crippen LogP contribution in [0.2, 0.25) is 0 Å². The minimum absolute atomic E-state index is 0.0417. The van der Waals surface area contributed by atoms with Gasteiger partial charge in [0.15, 0.2) is 0 Å². The zero-order valence-electron chi connectivity index (χ0n) is 11.4. The molecule has 3 nitrogen and oxygen atoms in total. The van der Waals surface area contributed by atoms with Gasteiger partial charge in [0.1, 0.15) is 24.2 Å². The molecule has 0 fully saturated rings. The van der Waals surface area contributed by atoms with Crippen molar-refractivity contribution in [3.05, 3.63) is 53.9 Å². The standard InChI is InChI=1S/C17H14ClNO2/c18-7-3-4-13-8-15(11-19-10-13)20-12-16-9-14-5-1-2-6-17(14)21-16/h1-2,5-6,8,10-11,16H,7,9,12H2. The van der Waals surface area contributed by atoms with Crippen LogP contribution in [0, 0.1) is 11.8 Å². The molecule has 1 aliphatic heterocycles. The summed E-state index contributed by atoms with van der Waals surface area (Å²) in [7, 11) is 0. The van der Waals surface area contributed by atoms with Crippen LogP contribution in [0.25, 0.3) is 0 Å². The Morgan fingerprint density at radius 1 is 1.33 bits per heavy atom. The Bertz CT molecular complexity index is 665. The molecule has 1 aliphatic rings. The summed E-state index contributed by atoms with van der Waals surface area (Å²) in [6.07, 6.45) is 4.28. The first-order valence-corrected chi connectivity index (χ1v) is 7.26. The van der Waals surface area contributed by atoms with E-state index in [1.807, 2.05) is 24.3 Å². The molecule has 21 heavy (non-hydrogen) atoms. The summed E-state index contributed by atoms with van der Waals surface area (Å²) in [6.45, 7) is 0.489. The zero-order chi connectivity index (χ0) is 14.5. The maximum atomic E-state index is 5.83. The van der Waals surface area contributed by atoms with Crippen molar-refractivity contribution in [2.45, 2.75) is 12.5 Å². The van der Waals surface area contributed by atoms with Gasteiger partial charge >= 0.3 is 0 Å². The number of halogens is 1. The number of hydrogen-bond donors (Lipinski definition) is 0. The number of alkyl halides is 1. The number of fused-ring (bicyclic) bond motifs is 1. The van der Waals surface area contributed by atoms with E-state index in [9.17, 15) is 0 Å². The van der Waals surface area contributed by atoms with E-state index in [4.69, 9.17) is 21.1 Å². The monoisotopic (exact) mass is 299 g/mol. The second-order valence-corrected chi connectivity index (χ2v) is 4.97. The molecule has 0 N–H and O–H groups in total. The molecule has 1 atom stereocenters. The van der Waals surface area contributed by atoms with Crippen molar-refractivity contribution in [1.29, 1.82) is 0 Å². The highest BCUT2D eigenvalue weighted by molar-refractivity contribution is 6.19. The average molecular weight is 300 g/mol. The third-order valence-electron chi connectivity index (χ3n) is 3.16. The summed E-state index contributed by atoms with van der Waals surface area (Å²) in [5.41, 5.74) is 2.02. The first kappa shape index (κ1) is 13.8. The third-order valence-corrected chi connectivity index (χ3v) is 3.30. The summed E-state index contributed by atoms with van der Waals surface area (Å²) in [5, 5.41) is 0. The normalized spacial score (nSPS) is 15.6. The van der Waals surface area contributed by atoms with Crippen molar-refractivity contribution < 1.29 is 9.47 Å². The molecule has 0 amide bonds. The average Bonchev–Trinajstić information content (AvgIpc) is 2.94. The van der Waals surface area contributed by atoms with Gasteiger partial charge in [-0.05, 0) is 17.7 Å². The molecule has 2 heterocycles. The molecule has 0 radical (unpaired) electrons. The van der Waals surface area contributed by atoms with Gasteiger partial charge in [-0.15, -0.1) is 11.6 Å². The SMILES string of the molecule is ClCC#Cc1cncc(OCC2Cc3ccccc3O2)c1. The van der Waals surface area contributed by atoms with Gasteiger partial charge in [0.25, 0.3) is 0 Å². The molecule has 1 aromatic heterocycles. The van der Waals surface area contributed by atoms with Crippen LogP contribution in [-0.4, -0.2) is 23.6 Å². The fourth-order valence-corrected chi connectivity index (χ4v) is 2.30. The Kier molecular flexibility index (Phi) is 4.28. The number of rotatable bonds is 3. The van der Waals surface area contributed by atoms with Crippen LogP contribution in [0.4, 0.5) is 0 Å². The van der Waals surface area contributed by atoms with Crippen LogP contribution in [0.5, 0.6) is 11.5 Å². The topological polar surface area (TPSA) is 31.4 Å². The van der Waals surface area contributed by atoms with Gasteiger partial charge in [-0.2, -0.15) is 0 Å². The summed E-state index contributed by atoms with van der Waals surface area (Å²) in [5.74, 6) is 7.66. The molecule has 4 heteroatoms. The van der Waals surface area contributed by atoms with Crippen molar-refractivity contribution in [2.75, 3.05) is 12.5 Å². The van der Waals surface area contributed by atoms with Crippen molar-refractivity contribution in [2.24, 2.45) is 0 Å². The highest BCUT2D eigenvalue weighted by atomic mass is 35.5. The smallest absolute Gasteiger partial charge is 0.139 e. The Hall–Kier alpha value is -2.18. The van der Waals surface area contributed by atoms with Crippen LogP contribution in [0.15, 0.2) is 42.7 Å². The van der Waals surface area contributed by atoms with Gasteiger partial charge in [-0.25, -0.2) is 0 Å². The van der Waals surface area contributed by atoms with Crippen LogP contribution in [0.1, 0.15) is 11.1 Å². The Morgan fingerprint density at radius 3 is 3.10 bits per heavy atom. The van der Waals surface area contributed by atoms with Crippen LogP contribution >= 0.6 is 11.6 Å². The molecule has 1 unspecified atom stereocenters. The van der Waals surface area contributed by atoms with E-state index in [0.717, 1.165) is 17.7 Å². The van der Waals surface area contributed by atoms with Crippen molar-refractivity contribution >= 4 is 11.6 Å². The van der Waals surface area contributed by atoms with E-state index in [2.05, 4.69) is 22.9 Å². The highest BCUT2D eigenvalue weighted by Gasteiger charge is 2.22. The highest BCUT2D eigenvalue weighted by Crippen LogP contribution is 2.28. The zero-order valence-corrected chi connectivity index (χ0v) is 12.1. The molecule has 0 aliphatic carbocycles. The maximum Gasteiger partial charge on any atom is 0.139 e. The number of pyridine rings is 1. The molecule has 3 rings (SSSR count). The first-order chi connectivity index (χ1) is 10.3. The molecular formula is C17H14ClNO2. The van der Waals surface area contributed by atoms with E-state index in [1.54, 1.807) is 12.4 Å². The predicted molar refractivity (Wildman–Crippen MR) is 81.9 cm³/mol. The second-order valence-electron chi connectivity index (χ2n) is 4.71. The lowest BCUT2D eigenvalue weighted by molar-refractivity contribution is 0.148. The molecule has 1 aromatic carbocycles. The van der Waals surface area contributed by atoms with E-state index < -0.39 is 0 Å². The molecule has 106 valence electrons. The van der Waals surface area contributed by atoms with Gasteiger partial charge in [-0.1, -0.05) is 30.0 Å². The van der Waals surface area contributed by atoms with Gasteiger partial charge < -0.3 is 9.47 Å². The number of ether oxygens (including phenoxy) is 2. The van der Waals surface area contributed by atoms with Gasteiger partial charge in [0.05, 0.1) is 12.1 Å². The number of benzene rings is 1. The minimum Gasteiger partial charge on any atom is -0.488 e. The lowest BCUT2D eigenvalue weighted by atomic mass is 10.1. The van der Waals surface area contributed by atoms with Crippen LogP contribution in [0.3, 0.4) is 0 Å². The van der Waals surface area contributed by atoms with E-state index in [1.165, 1.54) is 5.56 Å². The maximum absolute atomic E-state index is 5.83. The van der Waals surface area contributed by atoms with E-state index in [-0.39, 0.29) is 6.10 Å². The first-order valence-electron chi connectivity index (χ1n) is 6.72. The number of aromatic nitrogens is 1. The largest absolute Gasteiger partial charge is 0.488 e. The van der Waals surface area contributed by atoms with Gasteiger partial charge in [-0.3, -0.25) is 4.98 Å². The fourth-order valence-electron chi connectivity index (χ4n) is 2.24. The Balaban J connectivity index is 1.59. The second kappa shape index (κ2) is 6.51. The minimum atomic E-state index is 0.0417. The van der Waals surface area contributed by atoms with Gasteiger partial charge in [0, 0.05) is 18.2 Å². The van der Waals surface area contributed by atoms with E-state index in [0.29, 0.717) is 18.2 Å². The number of nitrogens with zero attached hydrogens (tertiary/aromatic N) is 1. The van der Waals surface area contributed by atoms with Crippen molar-refractivity contribution in [3.63, 3.8) is 0 Å². The molecular weight excluding hydrogens is 286 g/mol. The lowest BCUT2D eigenvalue weighted by Gasteiger charge is -2.12. The molecule has 0 saturated carbocycles. The fraction of sp³-hybridized carbons (Fsp3) is 0.235. The Labute approximate surface area is 128 Å². The molecule has 0 bridgehead atoms. The predicted octanol–water partition coefficient (Wildman–Crippen LogP) is 3.05. The van der Waals surface area contributed by atoms with Crippen LogP contribution in [-0.2, 0) is 6.42 Å². The summed E-state index contributed by atoms with van der Waals surface area (Å²) < 4.78 is 11.6. The summed E-state index contributed by atoms with van der Waals surface area (Å²) in [6, 6.07) is 9.92. The quantitative estimate of drug-likeness (QED) is 0.645. The lowest BCUT2D eigenvalue weighted by Crippen LogP contribution is -2.22. The number of para-hydroxylation sites is 1. The Morgan fingerprint density at radius 2 is 2.24 bits per heavy atom. The van der Waals surface area contributed by atoms with Crippen LogP contribution < -0.4 is 9.47 Å². The molecule has 0 saturated heterocycles. The van der Waals surface area contributed by atoms with Crippen molar-refractivity contribution in [1.82, 2.24) is 4.98 Å². The molecule has 2 aromatic rings. The number of hydrogen-bond acceptors (Lipinski definition) is 3. The van der Waals surface area contributed by atoms with E-state index >= 15 is 0 Å².